The highest BCUT2D eigenvalue weighted by Gasteiger charge is 2.35. The van der Waals surface area contributed by atoms with Crippen LogP contribution in [0.3, 0.4) is 0 Å². The Kier molecular flexibility index (Phi) is 6.80. The van der Waals surface area contributed by atoms with Crippen molar-refractivity contribution in [1.82, 2.24) is 10.6 Å². The minimum Gasteiger partial charge on any atom is -0.480 e. The molecular formula is C13H24N2O4. The van der Waals surface area contributed by atoms with E-state index in [1.165, 1.54) is 0 Å². The third-order valence-electron chi connectivity index (χ3n) is 3.27. The lowest BCUT2D eigenvalue weighted by molar-refractivity contribution is -0.142. The number of aliphatic carboxylic acids is 1. The SMILES string of the molecule is CCCNC1COCC1C(=O)NC(CCC)C(=O)O. The number of carbonyl (C=O) groups is 2. The molecule has 0 aromatic heterocycles. The molecule has 0 aromatic carbocycles. The van der Waals surface area contributed by atoms with Crippen molar-refractivity contribution >= 4 is 11.9 Å². The van der Waals surface area contributed by atoms with Crippen molar-refractivity contribution in [3.8, 4) is 0 Å². The van der Waals surface area contributed by atoms with E-state index in [0.717, 1.165) is 19.4 Å². The number of hydrogen-bond acceptors (Lipinski definition) is 4. The summed E-state index contributed by atoms with van der Waals surface area (Å²) in [5.74, 6) is -1.51. The molecular weight excluding hydrogens is 248 g/mol. The molecule has 1 aliphatic rings. The van der Waals surface area contributed by atoms with Gasteiger partial charge in [0.25, 0.3) is 0 Å². The van der Waals surface area contributed by atoms with Gasteiger partial charge in [0.1, 0.15) is 6.04 Å². The van der Waals surface area contributed by atoms with Gasteiger partial charge in [-0.1, -0.05) is 20.3 Å². The highest BCUT2D eigenvalue weighted by Crippen LogP contribution is 2.14. The molecule has 0 bridgehead atoms. The second-order valence-electron chi connectivity index (χ2n) is 4.89. The van der Waals surface area contributed by atoms with Crippen molar-refractivity contribution in [2.45, 2.75) is 45.2 Å². The zero-order chi connectivity index (χ0) is 14.3. The van der Waals surface area contributed by atoms with Gasteiger partial charge in [0.05, 0.1) is 19.1 Å². The maximum atomic E-state index is 12.1. The van der Waals surface area contributed by atoms with Crippen LogP contribution in [0.2, 0.25) is 0 Å². The van der Waals surface area contributed by atoms with Crippen LogP contribution in [0, 0.1) is 5.92 Å². The van der Waals surface area contributed by atoms with Crippen LogP contribution < -0.4 is 10.6 Å². The van der Waals surface area contributed by atoms with Crippen LogP contribution in [0.5, 0.6) is 0 Å². The molecule has 0 radical (unpaired) electrons. The van der Waals surface area contributed by atoms with Gasteiger partial charge in [-0.25, -0.2) is 4.79 Å². The lowest BCUT2D eigenvalue weighted by Gasteiger charge is -2.21. The first-order valence-electron chi connectivity index (χ1n) is 6.94. The number of nitrogens with one attached hydrogen (secondary N) is 2. The first-order valence-corrected chi connectivity index (χ1v) is 6.94. The molecule has 6 nitrogen and oxygen atoms in total. The number of carboxylic acid groups (broad SMARTS) is 1. The number of hydrogen-bond donors (Lipinski definition) is 3. The number of ether oxygens (including phenoxy) is 1. The van der Waals surface area contributed by atoms with Crippen LogP contribution in [0.4, 0.5) is 0 Å². The molecule has 1 aliphatic heterocycles. The Morgan fingerprint density at radius 3 is 2.63 bits per heavy atom. The summed E-state index contributed by atoms with van der Waals surface area (Å²) in [5, 5.41) is 14.9. The minimum absolute atomic E-state index is 0.0176. The van der Waals surface area contributed by atoms with Gasteiger partial charge in [0, 0.05) is 6.04 Å². The fourth-order valence-corrected chi connectivity index (χ4v) is 2.17. The Morgan fingerprint density at radius 1 is 1.32 bits per heavy atom. The van der Waals surface area contributed by atoms with Crippen molar-refractivity contribution in [2.75, 3.05) is 19.8 Å². The zero-order valence-corrected chi connectivity index (χ0v) is 11.6. The minimum atomic E-state index is -0.979. The zero-order valence-electron chi connectivity index (χ0n) is 11.6. The van der Waals surface area contributed by atoms with Crippen LogP contribution in [-0.2, 0) is 14.3 Å². The first kappa shape index (κ1) is 15.9. The summed E-state index contributed by atoms with van der Waals surface area (Å²) >= 11 is 0. The van der Waals surface area contributed by atoms with Crippen molar-refractivity contribution in [1.29, 1.82) is 0 Å². The summed E-state index contributed by atoms with van der Waals surface area (Å²) in [6.45, 7) is 5.64. The molecule has 0 saturated carbocycles. The van der Waals surface area contributed by atoms with Crippen LogP contribution in [0.1, 0.15) is 33.1 Å². The highest BCUT2D eigenvalue weighted by molar-refractivity contribution is 5.85. The fraction of sp³-hybridized carbons (Fsp3) is 0.846. The Labute approximate surface area is 113 Å². The second-order valence-corrected chi connectivity index (χ2v) is 4.89. The molecule has 3 atom stereocenters. The summed E-state index contributed by atoms with van der Waals surface area (Å²) in [7, 11) is 0. The molecule has 1 amide bonds. The molecule has 110 valence electrons. The normalized spacial score (nSPS) is 24.1. The fourth-order valence-electron chi connectivity index (χ4n) is 2.17. The molecule has 3 unspecified atom stereocenters. The van der Waals surface area contributed by atoms with E-state index in [9.17, 15) is 9.59 Å². The molecule has 1 heterocycles. The molecule has 3 N–H and O–H groups in total. The van der Waals surface area contributed by atoms with Gasteiger partial charge in [-0.05, 0) is 19.4 Å². The average Bonchev–Trinajstić information content (AvgIpc) is 2.83. The van der Waals surface area contributed by atoms with E-state index in [-0.39, 0.29) is 17.9 Å². The number of carbonyl (C=O) groups excluding carboxylic acids is 1. The number of rotatable bonds is 8. The lowest BCUT2D eigenvalue weighted by atomic mass is 10.0. The molecule has 6 heteroatoms. The monoisotopic (exact) mass is 272 g/mol. The maximum absolute atomic E-state index is 12.1. The molecule has 0 spiro atoms. The lowest BCUT2D eigenvalue weighted by Crippen LogP contribution is -2.49. The van der Waals surface area contributed by atoms with Crippen LogP contribution in [0.15, 0.2) is 0 Å². The van der Waals surface area contributed by atoms with E-state index in [0.29, 0.717) is 19.6 Å². The highest BCUT2D eigenvalue weighted by atomic mass is 16.5. The van der Waals surface area contributed by atoms with E-state index < -0.39 is 12.0 Å². The van der Waals surface area contributed by atoms with Crippen molar-refractivity contribution in [2.24, 2.45) is 5.92 Å². The summed E-state index contributed by atoms with van der Waals surface area (Å²) in [6.07, 6.45) is 2.15. The van der Waals surface area contributed by atoms with Gasteiger partial charge in [0.15, 0.2) is 0 Å². The van der Waals surface area contributed by atoms with Gasteiger partial charge in [-0.2, -0.15) is 0 Å². The summed E-state index contributed by atoms with van der Waals surface area (Å²) in [5.41, 5.74) is 0. The van der Waals surface area contributed by atoms with E-state index in [1.54, 1.807) is 0 Å². The standard InChI is InChI=1S/C13H24N2O4/c1-3-5-10(13(17)18)15-12(16)9-7-19-8-11(9)14-6-4-2/h9-11,14H,3-8H2,1-2H3,(H,15,16)(H,17,18). The van der Waals surface area contributed by atoms with Gasteiger partial charge in [0.2, 0.25) is 5.91 Å². The quantitative estimate of drug-likeness (QED) is 0.594. The largest absolute Gasteiger partial charge is 0.480 e. The third-order valence-corrected chi connectivity index (χ3v) is 3.27. The van der Waals surface area contributed by atoms with E-state index in [4.69, 9.17) is 9.84 Å². The van der Waals surface area contributed by atoms with E-state index >= 15 is 0 Å². The number of carboxylic acids is 1. The van der Waals surface area contributed by atoms with Gasteiger partial charge in [-0.15, -0.1) is 0 Å². The van der Waals surface area contributed by atoms with Crippen molar-refractivity contribution < 1.29 is 19.4 Å². The third kappa shape index (κ3) is 4.80. The van der Waals surface area contributed by atoms with Gasteiger partial charge >= 0.3 is 5.97 Å². The smallest absolute Gasteiger partial charge is 0.326 e. The Balaban J connectivity index is 2.52. The molecule has 1 fully saturated rings. The maximum Gasteiger partial charge on any atom is 0.326 e. The molecule has 1 rings (SSSR count). The van der Waals surface area contributed by atoms with E-state index in [2.05, 4.69) is 17.6 Å². The molecule has 1 saturated heterocycles. The molecule has 0 aliphatic carbocycles. The van der Waals surface area contributed by atoms with Crippen LogP contribution in [-0.4, -0.2) is 48.8 Å². The van der Waals surface area contributed by atoms with Gasteiger partial charge in [-0.3, -0.25) is 4.79 Å². The Morgan fingerprint density at radius 2 is 2.05 bits per heavy atom. The van der Waals surface area contributed by atoms with Crippen molar-refractivity contribution in [3.63, 3.8) is 0 Å². The predicted octanol–water partition coefficient (Wildman–Crippen LogP) is 0.371. The first-order chi connectivity index (χ1) is 9.10. The second kappa shape index (κ2) is 8.12. The Hall–Kier alpha value is -1.14. The van der Waals surface area contributed by atoms with E-state index in [1.807, 2.05) is 6.92 Å². The summed E-state index contributed by atoms with van der Waals surface area (Å²) in [6, 6.07) is -0.819. The molecule has 0 aromatic rings. The average molecular weight is 272 g/mol. The van der Waals surface area contributed by atoms with Gasteiger partial charge < -0.3 is 20.5 Å². The molecule has 19 heavy (non-hydrogen) atoms. The Bertz CT molecular complexity index is 309. The number of amides is 1. The summed E-state index contributed by atoms with van der Waals surface area (Å²) < 4.78 is 5.32. The summed E-state index contributed by atoms with van der Waals surface area (Å²) in [4.78, 5) is 23.1. The topological polar surface area (TPSA) is 87.7 Å². The van der Waals surface area contributed by atoms with Crippen LogP contribution >= 0.6 is 0 Å². The van der Waals surface area contributed by atoms with Crippen molar-refractivity contribution in [3.05, 3.63) is 0 Å². The van der Waals surface area contributed by atoms with Crippen LogP contribution in [0.25, 0.3) is 0 Å². The predicted molar refractivity (Wildman–Crippen MR) is 70.9 cm³/mol.